The third kappa shape index (κ3) is 7.40. The van der Waals surface area contributed by atoms with Crippen molar-refractivity contribution in [3.05, 3.63) is 136 Å². The molecule has 4 aromatic rings. The molecule has 1 N–H and O–H groups in total. The molecule has 0 aliphatic carbocycles. The fourth-order valence-electron chi connectivity index (χ4n) is 3.85. The summed E-state index contributed by atoms with van der Waals surface area (Å²) in [6, 6.07) is 34.1. The van der Waals surface area contributed by atoms with E-state index in [4.69, 9.17) is 4.84 Å². The summed E-state index contributed by atoms with van der Waals surface area (Å²) < 4.78 is 0.939. The summed E-state index contributed by atoms with van der Waals surface area (Å²) in [6.07, 6.45) is 0. The Morgan fingerprint density at radius 1 is 0.816 bits per heavy atom. The number of para-hydroxylation sites is 1. The van der Waals surface area contributed by atoms with Crippen molar-refractivity contribution in [2.75, 3.05) is 11.5 Å². The second kappa shape index (κ2) is 13.4. The molecule has 0 saturated heterocycles. The minimum atomic E-state index is -0.319. The van der Waals surface area contributed by atoms with Crippen LogP contribution in [-0.4, -0.2) is 24.1 Å². The zero-order valence-corrected chi connectivity index (χ0v) is 22.6. The summed E-state index contributed by atoms with van der Waals surface area (Å²) in [5, 5.41) is 7.09. The van der Waals surface area contributed by atoms with E-state index in [1.807, 2.05) is 97.9 Å². The van der Waals surface area contributed by atoms with Crippen molar-refractivity contribution in [3.63, 3.8) is 0 Å². The summed E-state index contributed by atoms with van der Waals surface area (Å²) in [7, 11) is 0. The number of carbonyl (C=O) groups is 2. The third-order valence-corrected chi connectivity index (χ3v) is 6.40. The number of rotatable bonds is 10. The van der Waals surface area contributed by atoms with Crippen molar-refractivity contribution in [3.8, 4) is 0 Å². The number of amides is 2. The van der Waals surface area contributed by atoms with Crippen LogP contribution in [0.1, 0.15) is 34.0 Å². The number of oxime groups is 1. The monoisotopic (exact) mass is 569 g/mol. The fraction of sp³-hybridized carbons (Fsp3) is 0.129. The molecule has 0 radical (unpaired) electrons. The number of nitrogens with zero attached hydrogens (tertiary/aromatic N) is 2. The predicted octanol–water partition coefficient (Wildman–Crippen LogP) is 6.35. The molecule has 192 valence electrons. The molecule has 0 saturated carbocycles. The zero-order chi connectivity index (χ0) is 26.7. The van der Waals surface area contributed by atoms with Crippen molar-refractivity contribution in [2.24, 2.45) is 5.16 Å². The van der Waals surface area contributed by atoms with E-state index in [-0.39, 0.29) is 25.0 Å². The molecular formula is C31H28BrN3O3. The van der Waals surface area contributed by atoms with Gasteiger partial charge in [-0.3, -0.25) is 9.59 Å². The smallest absolute Gasteiger partial charge is 0.268 e. The molecule has 0 unspecified atom stereocenters. The maximum absolute atomic E-state index is 13.5. The van der Waals surface area contributed by atoms with E-state index in [1.54, 1.807) is 23.1 Å². The molecule has 6 nitrogen and oxygen atoms in total. The standard InChI is InChI=1S/C31H28BrN3O3/c1-23(26-12-6-3-7-13-26)34-38-22-30(36)35(21-25-16-18-27(32)19-17-25)29-15-9-8-14-28(29)31(37)33-20-24-10-4-2-5-11-24/h2-19H,20-22H2,1H3,(H,33,37). The second-order valence-corrected chi connectivity index (χ2v) is 9.52. The first kappa shape index (κ1) is 26.8. The van der Waals surface area contributed by atoms with Crippen molar-refractivity contribution in [2.45, 2.75) is 20.0 Å². The number of halogens is 1. The Balaban J connectivity index is 1.56. The summed E-state index contributed by atoms with van der Waals surface area (Å²) >= 11 is 3.45. The molecule has 0 heterocycles. The first-order chi connectivity index (χ1) is 18.5. The summed E-state index contributed by atoms with van der Waals surface area (Å²) in [5.41, 5.74) is 4.37. The van der Waals surface area contributed by atoms with Crippen molar-refractivity contribution >= 4 is 39.1 Å². The Hall–Kier alpha value is -4.23. The predicted molar refractivity (Wildman–Crippen MR) is 154 cm³/mol. The van der Waals surface area contributed by atoms with Crippen LogP contribution in [0.2, 0.25) is 0 Å². The Kier molecular flexibility index (Phi) is 9.43. The van der Waals surface area contributed by atoms with E-state index in [2.05, 4.69) is 26.4 Å². The summed E-state index contributed by atoms with van der Waals surface area (Å²) in [5.74, 6) is -0.585. The van der Waals surface area contributed by atoms with Crippen LogP contribution in [0.25, 0.3) is 0 Å². The lowest BCUT2D eigenvalue weighted by molar-refractivity contribution is -0.123. The topological polar surface area (TPSA) is 71.0 Å². The van der Waals surface area contributed by atoms with E-state index in [0.29, 0.717) is 23.5 Å². The molecule has 0 atom stereocenters. The van der Waals surface area contributed by atoms with Gasteiger partial charge in [0, 0.05) is 11.0 Å². The Morgan fingerprint density at radius 3 is 2.16 bits per heavy atom. The van der Waals surface area contributed by atoms with Crippen LogP contribution < -0.4 is 10.2 Å². The first-order valence-corrected chi connectivity index (χ1v) is 13.0. The molecule has 2 amide bonds. The molecular weight excluding hydrogens is 542 g/mol. The van der Waals surface area contributed by atoms with Gasteiger partial charge < -0.3 is 15.1 Å². The minimum Gasteiger partial charge on any atom is -0.385 e. The highest BCUT2D eigenvalue weighted by molar-refractivity contribution is 9.10. The molecule has 0 aromatic heterocycles. The number of anilines is 1. The number of carbonyl (C=O) groups excluding carboxylic acids is 2. The fourth-order valence-corrected chi connectivity index (χ4v) is 4.11. The quantitative estimate of drug-likeness (QED) is 0.178. The molecule has 4 aromatic carbocycles. The molecule has 0 fully saturated rings. The van der Waals surface area contributed by atoms with Crippen LogP contribution in [-0.2, 0) is 22.7 Å². The lowest BCUT2D eigenvalue weighted by Crippen LogP contribution is -2.35. The average Bonchev–Trinajstić information content (AvgIpc) is 2.96. The molecule has 0 bridgehead atoms. The highest BCUT2D eigenvalue weighted by Gasteiger charge is 2.22. The van der Waals surface area contributed by atoms with Crippen LogP contribution in [0.4, 0.5) is 5.69 Å². The molecule has 7 heteroatoms. The Morgan fingerprint density at radius 2 is 1.45 bits per heavy atom. The largest absolute Gasteiger partial charge is 0.385 e. The normalized spacial score (nSPS) is 11.1. The Labute approximate surface area is 231 Å². The lowest BCUT2D eigenvalue weighted by atomic mass is 10.1. The van der Waals surface area contributed by atoms with E-state index < -0.39 is 0 Å². The SMILES string of the molecule is CC(=NOCC(=O)N(Cc1ccc(Br)cc1)c1ccccc1C(=O)NCc1ccccc1)c1ccccc1. The highest BCUT2D eigenvalue weighted by Crippen LogP contribution is 2.24. The average molecular weight is 570 g/mol. The van der Waals surface area contributed by atoms with Gasteiger partial charge in [0.1, 0.15) is 0 Å². The van der Waals surface area contributed by atoms with Crippen molar-refractivity contribution in [1.82, 2.24) is 5.32 Å². The molecule has 4 rings (SSSR count). The third-order valence-electron chi connectivity index (χ3n) is 5.87. The van der Waals surface area contributed by atoms with Gasteiger partial charge in [-0.25, -0.2) is 0 Å². The van der Waals surface area contributed by atoms with Crippen LogP contribution in [0.5, 0.6) is 0 Å². The van der Waals surface area contributed by atoms with Gasteiger partial charge in [-0.1, -0.05) is 106 Å². The van der Waals surface area contributed by atoms with Gasteiger partial charge in [-0.05, 0) is 47.9 Å². The first-order valence-electron chi connectivity index (χ1n) is 12.2. The van der Waals surface area contributed by atoms with E-state index >= 15 is 0 Å². The maximum Gasteiger partial charge on any atom is 0.268 e. The highest BCUT2D eigenvalue weighted by atomic mass is 79.9. The van der Waals surface area contributed by atoms with Crippen LogP contribution in [0, 0.1) is 0 Å². The zero-order valence-electron chi connectivity index (χ0n) is 21.0. The number of hydrogen-bond donors (Lipinski definition) is 1. The molecule has 0 spiro atoms. The van der Waals surface area contributed by atoms with E-state index in [0.717, 1.165) is 21.2 Å². The van der Waals surface area contributed by atoms with Gasteiger partial charge in [-0.2, -0.15) is 0 Å². The molecule has 0 aliphatic rings. The summed E-state index contributed by atoms with van der Waals surface area (Å²) in [6.45, 7) is 2.19. The summed E-state index contributed by atoms with van der Waals surface area (Å²) in [4.78, 5) is 33.7. The minimum absolute atomic E-state index is 0.264. The van der Waals surface area contributed by atoms with Crippen LogP contribution in [0.15, 0.2) is 119 Å². The number of nitrogens with one attached hydrogen (secondary N) is 1. The van der Waals surface area contributed by atoms with E-state index in [9.17, 15) is 9.59 Å². The van der Waals surface area contributed by atoms with Gasteiger partial charge in [0.25, 0.3) is 11.8 Å². The van der Waals surface area contributed by atoms with E-state index in [1.165, 1.54) is 0 Å². The molecule has 38 heavy (non-hydrogen) atoms. The van der Waals surface area contributed by atoms with Crippen molar-refractivity contribution in [1.29, 1.82) is 0 Å². The van der Waals surface area contributed by atoms with Gasteiger partial charge in [0.15, 0.2) is 6.61 Å². The Bertz CT molecular complexity index is 1390. The van der Waals surface area contributed by atoms with Gasteiger partial charge in [0.05, 0.1) is 23.5 Å². The van der Waals surface area contributed by atoms with Crippen molar-refractivity contribution < 1.29 is 14.4 Å². The number of benzene rings is 4. The molecule has 0 aliphatic heterocycles. The van der Waals surface area contributed by atoms with Gasteiger partial charge in [-0.15, -0.1) is 0 Å². The second-order valence-electron chi connectivity index (χ2n) is 8.61. The van der Waals surface area contributed by atoms with Crippen LogP contribution >= 0.6 is 15.9 Å². The van der Waals surface area contributed by atoms with Crippen LogP contribution in [0.3, 0.4) is 0 Å². The van der Waals surface area contributed by atoms with Gasteiger partial charge >= 0.3 is 0 Å². The number of hydrogen-bond acceptors (Lipinski definition) is 4. The maximum atomic E-state index is 13.5. The van der Waals surface area contributed by atoms with Gasteiger partial charge in [0.2, 0.25) is 0 Å². The lowest BCUT2D eigenvalue weighted by Gasteiger charge is -2.25.